The molecule has 0 amide bonds. The molecule has 6 heteroatoms. The first-order valence-electron chi connectivity index (χ1n) is 6.09. The molecule has 1 aromatic carbocycles. The van der Waals surface area contributed by atoms with E-state index in [9.17, 15) is 4.79 Å². The van der Waals surface area contributed by atoms with Crippen LogP contribution >= 0.6 is 0 Å². The van der Waals surface area contributed by atoms with Crippen LogP contribution in [-0.2, 0) is 0 Å². The fraction of sp³-hybridized carbons (Fsp3) is 0.385. The van der Waals surface area contributed by atoms with E-state index >= 15 is 0 Å². The summed E-state index contributed by atoms with van der Waals surface area (Å²) in [6, 6.07) is 5.74. The molecule has 0 saturated heterocycles. The van der Waals surface area contributed by atoms with E-state index in [1.807, 2.05) is 18.7 Å². The average Bonchev–Trinajstić information content (AvgIpc) is 2.68. The van der Waals surface area contributed by atoms with Crippen molar-refractivity contribution in [1.82, 2.24) is 4.98 Å². The Morgan fingerprint density at radius 1 is 1.53 bits per heavy atom. The highest BCUT2D eigenvalue weighted by Crippen LogP contribution is 2.29. The van der Waals surface area contributed by atoms with Gasteiger partial charge in [-0.05, 0) is 19.9 Å². The van der Waals surface area contributed by atoms with Gasteiger partial charge in [-0.2, -0.15) is 5.26 Å². The van der Waals surface area contributed by atoms with Crippen LogP contribution in [0.4, 0.5) is 11.4 Å². The number of hydrogen-bond donors (Lipinski definition) is 2. The molecule has 100 valence electrons. The van der Waals surface area contributed by atoms with E-state index in [0.29, 0.717) is 29.8 Å². The Kier molecular flexibility index (Phi) is 3.47. The standard InChI is InChI=1S/C13H16N4O2/c1-8(2)17(5-3-4-14)11-7-10-12(6-9(11)15)19-13(18)16-10/h6-8H,3,5,15H2,1-2H3,(H,16,18). The number of benzene rings is 1. The van der Waals surface area contributed by atoms with Crippen LogP contribution < -0.4 is 16.4 Å². The number of anilines is 2. The Hall–Kier alpha value is -2.42. The molecule has 0 unspecified atom stereocenters. The van der Waals surface area contributed by atoms with E-state index in [2.05, 4.69) is 11.1 Å². The Morgan fingerprint density at radius 3 is 2.89 bits per heavy atom. The van der Waals surface area contributed by atoms with E-state index in [0.717, 1.165) is 5.69 Å². The van der Waals surface area contributed by atoms with Gasteiger partial charge in [-0.25, -0.2) is 4.79 Å². The van der Waals surface area contributed by atoms with Crippen molar-refractivity contribution in [3.05, 3.63) is 22.7 Å². The number of aromatic amines is 1. The Bertz CT molecular complexity index is 678. The van der Waals surface area contributed by atoms with Gasteiger partial charge < -0.3 is 15.1 Å². The Morgan fingerprint density at radius 2 is 2.26 bits per heavy atom. The van der Waals surface area contributed by atoms with Crippen LogP contribution in [0.5, 0.6) is 0 Å². The number of aromatic nitrogens is 1. The minimum Gasteiger partial charge on any atom is -0.408 e. The van der Waals surface area contributed by atoms with Crippen molar-refractivity contribution in [3.63, 3.8) is 0 Å². The second kappa shape index (κ2) is 5.06. The highest BCUT2D eigenvalue weighted by atomic mass is 16.4. The molecule has 0 aliphatic heterocycles. The third-order valence-electron chi connectivity index (χ3n) is 2.97. The Balaban J connectivity index is 2.49. The number of nitrogens with one attached hydrogen (secondary N) is 1. The van der Waals surface area contributed by atoms with Crippen molar-refractivity contribution < 1.29 is 4.42 Å². The van der Waals surface area contributed by atoms with Crippen molar-refractivity contribution in [2.75, 3.05) is 17.2 Å². The molecule has 0 fully saturated rings. The molecule has 0 saturated carbocycles. The molecular formula is C13H16N4O2. The van der Waals surface area contributed by atoms with Crippen molar-refractivity contribution >= 4 is 22.5 Å². The van der Waals surface area contributed by atoms with Gasteiger partial charge in [-0.1, -0.05) is 0 Å². The molecule has 2 rings (SSSR count). The predicted molar refractivity (Wildman–Crippen MR) is 74.0 cm³/mol. The zero-order valence-electron chi connectivity index (χ0n) is 10.9. The third kappa shape index (κ3) is 2.55. The van der Waals surface area contributed by atoms with Crippen LogP contribution in [0.2, 0.25) is 0 Å². The maximum absolute atomic E-state index is 11.2. The molecule has 0 aliphatic rings. The number of nitrogens with zero attached hydrogens (tertiary/aromatic N) is 2. The SMILES string of the molecule is CC(C)N(CCC#N)c1cc2[nH]c(=O)oc2cc1N. The first-order chi connectivity index (χ1) is 9.02. The summed E-state index contributed by atoms with van der Waals surface area (Å²) in [5.74, 6) is -0.500. The van der Waals surface area contributed by atoms with Gasteiger partial charge in [0.2, 0.25) is 0 Å². The van der Waals surface area contributed by atoms with Crippen molar-refractivity contribution in [2.45, 2.75) is 26.3 Å². The van der Waals surface area contributed by atoms with Gasteiger partial charge in [0.1, 0.15) is 0 Å². The Labute approximate surface area is 110 Å². The van der Waals surface area contributed by atoms with Crippen molar-refractivity contribution in [1.29, 1.82) is 5.26 Å². The fourth-order valence-corrected chi connectivity index (χ4v) is 2.08. The smallest absolute Gasteiger partial charge is 0.408 e. The van der Waals surface area contributed by atoms with Crippen LogP contribution in [-0.4, -0.2) is 17.6 Å². The summed E-state index contributed by atoms with van der Waals surface area (Å²) >= 11 is 0. The molecule has 0 spiro atoms. The highest BCUT2D eigenvalue weighted by Gasteiger charge is 2.15. The number of nitrogen functional groups attached to an aromatic ring is 1. The zero-order chi connectivity index (χ0) is 14.0. The van der Waals surface area contributed by atoms with E-state index in [1.54, 1.807) is 12.1 Å². The molecule has 1 heterocycles. The molecule has 1 aromatic heterocycles. The van der Waals surface area contributed by atoms with Crippen LogP contribution in [0.1, 0.15) is 20.3 Å². The molecule has 2 aromatic rings. The summed E-state index contributed by atoms with van der Waals surface area (Å²) in [6.45, 7) is 4.64. The van der Waals surface area contributed by atoms with Crippen LogP contribution in [0.25, 0.3) is 11.1 Å². The van der Waals surface area contributed by atoms with E-state index in [1.165, 1.54) is 0 Å². The summed E-state index contributed by atoms with van der Waals surface area (Å²) in [5, 5.41) is 8.72. The van der Waals surface area contributed by atoms with Gasteiger partial charge in [0.15, 0.2) is 5.58 Å². The summed E-state index contributed by atoms with van der Waals surface area (Å²) < 4.78 is 4.96. The topological polar surface area (TPSA) is 99.0 Å². The summed E-state index contributed by atoms with van der Waals surface area (Å²) in [7, 11) is 0. The number of oxazole rings is 1. The van der Waals surface area contributed by atoms with Crippen LogP contribution in [0.15, 0.2) is 21.3 Å². The average molecular weight is 260 g/mol. The number of rotatable bonds is 4. The highest BCUT2D eigenvalue weighted by molar-refractivity contribution is 5.85. The normalized spacial score (nSPS) is 10.8. The minimum atomic E-state index is -0.500. The maximum atomic E-state index is 11.2. The largest absolute Gasteiger partial charge is 0.417 e. The second-order valence-electron chi connectivity index (χ2n) is 4.62. The molecule has 0 bridgehead atoms. The van der Waals surface area contributed by atoms with Gasteiger partial charge in [0.25, 0.3) is 0 Å². The molecule has 0 aliphatic carbocycles. The van der Waals surface area contributed by atoms with Gasteiger partial charge in [-0.3, -0.25) is 4.98 Å². The summed E-state index contributed by atoms with van der Waals surface area (Å²) in [4.78, 5) is 15.8. The first-order valence-corrected chi connectivity index (χ1v) is 6.09. The molecule has 3 N–H and O–H groups in total. The lowest BCUT2D eigenvalue weighted by atomic mass is 10.2. The molecular weight excluding hydrogens is 244 g/mol. The van der Waals surface area contributed by atoms with Crippen molar-refractivity contribution in [2.24, 2.45) is 0 Å². The van der Waals surface area contributed by atoms with E-state index in [4.69, 9.17) is 15.4 Å². The maximum Gasteiger partial charge on any atom is 0.417 e. The molecule has 19 heavy (non-hydrogen) atoms. The fourth-order valence-electron chi connectivity index (χ4n) is 2.08. The van der Waals surface area contributed by atoms with Crippen molar-refractivity contribution in [3.8, 4) is 6.07 Å². The molecule has 0 atom stereocenters. The number of hydrogen-bond acceptors (Lipinski definition) is 5. The van der Waals surface area contributed by atoms with Crippen LogP contribution in [0.3, 0.4) is 0 Å². The lowest BCUT2D eigenvalue weighted by Crippen LogP contribution is -2.32. The number of fused-ring (bicyclic) bond motifs is 1. The predicted octanol–water partition coefficient (Wildman–Crippen LogP) is 1.83. The third-order valence-corrected chi connectivity index (χ3v) is 2.97. The first kappa shape index (κ1) is 13.0. The van der Waals surface area contributed by atoms with E-state index < -0.39 is 5.76 Å². The monoisotopic (exact) mass is 260 g/mol. The summed E-state index contributed by atoms with van der Waals surface area (Å²) in [6.07, 6.45) is 0.414. The van der Waals surface area contributed by atoms with Gasteiger partial charge >= 0.3 is 5.76 Å². The minimum absolute atomic E-state index is 0.201. The number of H-pyrrole nitrogens is 1. The lowest BCUT2D eigenvalue weighted by molar-refractivity contribution is 0.555. The van der Waals surface area contributed by atoms with Gasteiger partial charge in [-0.15, -0.1) is 0 Å². The van der Waals surface area contributed by atoms with Gasteiger partial charge in [0, 0.05) is 18.7 Å². The van der Waals surface area contributed by atoms with Gasteiger partial charge in [0.05, 0.1) is 29.4 Å². The number of nitriles is 1. The molecule has 6 nitrogen and oxygen atoms in total. The zero-order valence-corrected chi connectivity index (χ0v) is 10.9. The van der Waals surface area contributed by atoms with E-state index in [-0.39, 0.29) is 6.04 Å². The molecule has 0 radical (unpaired) electrons. The van der Waals surface area contributed by atoms with Crippen LogP contribution in [0, 0.1) is 11.3 Å². The number of nitrogens with two attached hydrogens (primary N) is 1. The quantitative estimate of drug-likeness (QED) is 0.817. The second-order valence-corrected chi connectivity index (χ2v) is 4.62. The summed E-state index contributed by atoms with van der Waals surface area (Å²) in [5.41, 5.74) is 8.38. The lowest BCUT2D eigenvalue weighted by Gasteiger charge is -2.29.